The van der Waals surface area contributed by atoms with Crippen molar-refractivity contribution in [2.75, 3.05) is 7.11 Å². The molecule has 0 unspecified atom stereocenters. The molecule has 1 atom stereocenters. The molecule has 5 heteroatoms. The van der Waals surface area contributed by atoms with Crippen molar-refractivity contribution in [1.82, 2.24) is 5.32 Å². The van der Waals surface area contributed by atoms with Gasteiger partial charge in [0.15, 0.2) is 5.78 Å². The molecular formula is C25H25NO4. The number of esters is 1. The Balaban J connectivity index is 1.79. The van der Waals surface area contributed by atoms with E-state index in [2.05, 4.69) is 5.32 Å². The number of ketones is 1. The van der Waals surface area contributed by atoms with Crippen LogP contribution >= 0.6 is 0 Å². The maximum absolute atomic E-state index is 13.0. The highest BCUT2D eigenvalue weighted by Crippen LogP contribution is 2.45. The van der Waals surface area contributed by atoms with Gasteiger partial charge in [-0.1, -0.05) is 48.5 Å². The van der Waals surface area contributed by atoms with Gasteiger partial charge in [0.2, 0.25) is 0 Å². The van der Waals surface area contributed by atoms with Crippen LogP contribution in [0.25, 0.3) is 0 Å². The Labute approximate surface area is 176 Å². The van der Waals surface area contributed by atoms with Gasteiger partial charge in [-0.3, -0.25) is 4.79 Å². The van der Waals surface area contributed by atoms with Crippen LogP contribution in [-0.4, -0.2) is 18.9 Å². The van der Waals surface area contributed by atoms with E-state index in [-0.39, 0.29) is 5.78 Å². The van der Waals surface area contributed by atoms with Gasteiger partial charge in [0.1, 0.15) is 12.4 Å². The second-order valence-electron chi connectivity index (χ2n) is 7.57. The predicted molar refractivity (Wildman–Crippen MR) is 114 cm³/mol. The van der Waals surface area contributed by atoms with Gasteiger partial charge in [-0.25, -0.2) is 4.79 Å². The smallest absolute Gasteiger partial charge is 0.336 e. The van der Waals surface area contributed by atoms with Crippen LogP contribution in [0.3, 0.4) is 0 Å². The summed E-state index contributed by atoms with van der Waals surface area (Å²) in [6.07, 6.45) is 2.08. The molecule has 0 fully saturated rings. The van der Waals surface area contributed by atoms with E-state index in [0.29, 0.717) is 29.9 Å². The molecule has 1 heterocycles. The lowest BCUT2D eigenvalue weighted by molar-refractivity contribution is -0.136. The number of rotatable bonds is 5. The monoisotopic (exact) mass is 403 g/mol. The Morgan fingerprint density at radius 3 is 2.57 bits per heavy atom. The number of benzene rings is 2. The zero-order chi connectivity index (χ0) is 21.1. The maximum atomic E-state index is 13.0. The fraction of sp³-hybridized carbons (Fsp3) is 0.280. The third-order valence-corrected chi connectivity index (χ3v) is 5.65. The van der Waals surface area contributed by atoms with Crippen molar-refractivity contribution in [3.8, 4) is 5.75 Å². The predicted octanol–water partition coefficient (Wildman–Crippen LogP) is 4.41. The minimum Gasteiger partial charge on any atom is -0.489 e. The molecule has 2 aromatic rings. The van der Waals surface area contributed by atoms with E-state index in [9.17, 15) is 9.59 Å². The van der Waals surface area contributed by atoms with E-state index in [1.807, 2.05) is 61.5 Å². The number of carbonyl (C=O) groups is 2. The lowest BCUT2D eigenvalue weighted by Gasteiger charge is -2.34. The van der Waals surface area contributed by atoms with Gasteiger partial charge in [-0.15, -0.1) is 0 Å². The summed E-state index contributed by atoms with van der Waals surface area (Å²) in [6.45, 7) is 2.26. The molecule has 1 aliphatic carbocycles. The van der Waals surface area contributed by atoms with Crippen LogP contribution in [0.1, 0.15) is 43.2 Å². The molecule has 0 spiro atoms. The molecular weight excluding hydrogens is 378 g/mol. The van der Waals surface area contributed by atoms with Crippen LogP contribution in [0.4, 0.5) is 0 Å². The van der Waals surface area contributed by atoms with Gasteiger partial charge in [-0.2, -0.15) is 0 Å². The summed E-state index contributed by atoms with van der Waals surface area (Å²) in [4.78, 5) is 25.7. The van der Waals surface area contributed by atoms with Crippen molar-refractivity contribution >= 4 is 11.8 Å². The Hall–Kier alpha value is -3.34. The molecule has 0 aromatic heterocycles. The highest BCUT2D eigenvalue weighted by Gasteiger charge is 2.40. The number of Topliss-reactive ketones (excluding diaryl/α,β-unsaturated/α-hetero) is 1. The average molecular weight is 403 g/mol. The number of allylic oxidation sites excluding steroid dienone is 3. The van der Waals surface area contributed by atoms with Gasteiger partial charge in [0, 0.05) is 29.0 Å². The topological polar surface area (TPSA) is 64.6 Å². The Morgan fingerprint density at radius 1 is 1.07 bits per heavy atom. The number of dihydropyridines is 1. The molecule has 5 nitrogen and oxygen atoms in total. The number of methoxy groups -OCH3 is 1. The highest BCUT2D eigenvalue weighted by atomic mass is 16.5. The van der Waals surface area contributed by atoms with Crippen LogP contribution < -0.4 is 10.1 Å². The molecule has 1 aliphatic heterocycles. The van der Waals surface area contributed by atoms with Crippen LogP contribution in [0.2, 0.25) is 0 Å². The van der Waals surface area contributed by atoms with Crippen LogP contribution in [-0.2, 0) is 20.9 Å². The Bertz CT molecular complexity index is 1040. The number of carbonyl (C=O) groups excluding carboxylic acids is 2. The minimum atomic E-state index is -0.506. The first-order chi connectivity index (χ1) is 14.6. The normalized spacial score (nSPS) is 18.6. The third-order valence-electron chi connectivity index (χ3n) is 5.65. The first-order valence-electron chi connectivity index (χ1n) is 10.2. The SMILES string of the molecule is COC(=O)C1=C(C)NC2=C(C(=O)CCC2)[C@@H]1c1ccccc1OCc1ccccc1. The second kappa shape index (κ2) is 8.57. The molecule has 154 valence electrons. The fourth-order valence-corrected chi connectivity index (χ4v) is 4.26. The summed E-state index contributed by atoms with van der Waals surface area (Å²) < 4.78 is 11.2. The molecule has 1 N–H and O–H groups in total. The van der Waals surface area contributed by atoms with Crippen molar-refractivity contribution < 1.29 is 19.1 Å². The van der Waals surface area contributed by atoms with Crippen molar-refractivity contribution in [2.24, 2.45) is 0 Å². The number of hydrogen-bond donors (Lipinski definition) is 1. The summed E-state index contributed by atoms with van der Waals surface area (Å²) in [5.41, 5.74) is 4.59. The van der Waals surface area contributed by atoms with Crippen LogP contribution in [0.5, 0.6) is 5.75 Å². The molecule has 2 aromatic carbocycles. The number of nitrogens with one attached hydrogen (secondary N) is 1. The zero-order valence-electron chi connectivity index (χ0n) is 17.2. The van der Waals surface area contributed by atoms with Crippen molar-refractivity contribution in [1.29, 1.82) is 0 Å². The Morgan fingerprint density at radius 2 is 1.80 bits per heavy atom. The van der Waals surface area contributed by atoms with Crippen LogP contribution in [0, 0.1) is 0 Å². The standard InChI is InChI=1S/C25H25NO4/c1-16-22(25(28)29-2)23(24-19(26-16)12-8-13-20(24)27)18-11-6-7-14-21(18)30-15-17-9-4-3-5-10-17/h3-7,9-11,14,23,26H,8,12-13,15H2,1-2H3/t23-/m1/s1. The van der Waals surface area contributed by atoms with E-state index < -0.39 is 11.9 Å². The molecule has 0 saturated heterocycles. The van der Waals surface area contributed by atoms with Gasteiger partial charge in [0.25, 0.3) is 0 Å². The first-order valence-corrected chi connectivity index (χ1v) is 10.2. The summed E-state index contributed by atoms with van der Waals surface area (Å²) in [7, 11) is 1.37. The Kier molecular flexibility index (Phi) is 5.70. The molecule has 4 rings (SSSR count). The number of hydrogen-bond acceptors (Lipinski definition) is 5. The molecule has 30 heavy (non-hydrogen) atoms. The largest absolute Gasteiger partial charge is 0.489 e. The summed E-state index contributed by atoms with van der Waals surface area (Å²) in [6, 6.07) is 17.5. The lowest BCUT2D eigenvalue weighted by atomic mass is 9.75. The van der Waals surface area contributed by atoms with Crippen molar-refractivity contribution in [3.05, 3.63) is 88.3 Å². The van der Waals surface area contributed by atoms with E-state index in [1.165, 1.54) is 7.11 Å². The molecule has 0 radical (unpaired) electrons. The maximum Gasteiger partial charge on any atom is 0.336 e. The van der Waals surface area contributed by atoms with Gasteiger partial charge < -0.3 is 14.8 Å². The first kappa shape index (κ1) is 20.0. The van der Waals surface area contributed by atoms with Gasteiger partial charge >= 0.3 is 5.97 Å². The molecule has 2 aliphatic rings. The molecule has 0 saturated carbocycles. The van der Waals surface area contributed by atoms with E-state index in [4.69, 9.17) is 9.47 Å². The summed E-state index contributed by atoms with van der Waals surface area (Å²) >= 11 is 0. The zero-order valence-corrected chi connectivity index (χ0v) is 17.2. The number of para-hydroxylation sites is 1. The lowest BCUT2D eigenvalue weighted by Crippen LogP contribution is -2.34. The van der Waals surface area contributed by atoms with E-state index in [0.717, 1.165) is 35.4 Å². The highest BCUT2D eigenvalue weighted by molar-refractivity contribution is 6.03. The molecule has 0 bridgehead atoms. The quantitative estimate of drug-likeness (QED) is 0.750. The third kappa shape index (κ3) is 3.75. The van der Waals surface area contributed by atoms with Gasteiger partial charge in [-0.05, 0) is 31.4 Å². The minimum absolute atomic E-state index is 0.0699. The summed E-state index contributed by atoms with van der Waals surface area (Å²) in [5, 5.41) is 3.29. The summed E-state index contributed by atoms with van der Waals surface area (Å²) in [5.74, 6) is -0.213. The van der Waals surface area contributed by atoms with Crippen molar-refractivity contribution in [2.45, 2.75) is 38.7 Å². The average Bonchev–Trinajstić information content (AvgIpc) is 2.77. The fourth-order valence-electron chi connectivity index (χ4n) is 4.26. The number of ether oxygens (including phenoxy) is 2. The van der Waals surface area contributed by atoms with Crippen LogP contribution in [0.15, 0.2) is 77.1 Å². The second-order valence-corrected chi connectivity index (χ2v) is 7.57. The van der Waals surface area contributed by atoms with Gasteiger partial charge in [0.05, 0.1) is 18.6 Å². The van der Waals surface area contributed by atoms with E-state index >= 15 is 0 Å². The van der Waals surface area contributed by atoms with Crippen molar-refractivity contribution in [3.63, 3.8) is 0 Å². The molecule has 0 amide bonds. The van der Waals surface area contributed by atoms with E-state index in [1.54, 1.807) is 0 Å².